The van der Waals surface area contributed by atoms with Crippen molar-refractivity contribution in [1.82, 2.24) is 10.2 Å². The second kappa shape index (κ2) is 7.48. The van der Waals surface area contributed by atoms with E-state index in [1.807, 2.05) is 4.90 Å². The van der Waals surface area contributed by atoms with E-state index in [0.717, 1.165) is 62.9 Å². The van der Waals surface area contributed by atoms with Gasteiger partial charge in [0.15, 0.2) is 0 Å². The van der Waals surface area contributed by atoms with E-state index < -0.39 is 0 Å². The molecule has 3 aliphatic rings. The average molecular weight is 361 g/mol. The largest absolute Gasteiger partial charge is 0.353 e. The molecule has 4 rings (SSSR count). The molecule has 1 N–H and O–H groups in total. The number of nitrogens with zero attached hydrogens (tertiary/aromatic N) is 1. The first-order chi connectivity index (χ1) is 12.2. The molecule has 1 aliphatic heterocycles. The molecule has 0 unspecified atom stereocenters. The van der Waals surface area contributed by atoms with Crippen molar-refractivity contribution in [2.45, 2.75) is 70.3 Å². The van der Waals surface area contributed by atoms with Crippen molar-refractivity contribution in [2.24, 2.45) is 5.92 Å². The summed E-state index contributed by atoms with van der Waals surface area (Å²) < 4.78 is 0. The van der Waals surface area contributed by atoms with Gasteiger partial charge >= 0.3 is 0 Å². The minimum absolute atomic E-state index is 0.0822. The van der Waals surface area contributed by atoms with Crippen molar-refractivity contribution in [3.63, 3.8) is 0 Å². The number of hydrogen-bond acceptors (Lipinski definition) is 3. The Morgan fingerprint density at radius 1 is 1.04 bits per heavy atom. The van der Waals surface area contributed by atoms with E-state index in [9.17, 15) is 9.59 Å². The van der Waals surface area contributed by atoms with Gasteiger partial charge in [-0.2, -0.15) is 0 Å². The van der Waals surface area contributed by atoms with Crippen molar-refractivity contribution >= 4 is 23.2 Å². The summed E-state index contributed by atoms with van der Waals surface area (Å²) in [5, 5.41) is 3.28. The zero-order valence-electron chi connectivity index (χ0n) is 14.9. The van der Waals surface area contributed by atoms with Crippen LogP contribution in [0.25, 0.3) is 0 Å². The lowest BCUT2D eigenvalue weighted by molar-refractivity contribution is -0.126. The molecule has 0 aromatic carbocycles. The molecular weight excluding hydrogens is 332 g/mol. The van der Waals surface area contributed by atoms with Crippen LogP contribution < -0.4 is 5.32 Å². The van der Waals surface area contributed by atoms with Gasteiger partial charge in [-0.1, -0.05) is 19.3 Å². The molecule has 1 aromatic rings. The molecule has 2 fully saturated rings. The first-order valence-electron chi connectivity index (χ1n) is 9.92. The van der Waals surface area contributed by atoms with E-state index >= 15 is 0 Å². The van der Waals surface area contributed by atoms with Gasteiger partial charge in [0.05, 0.1) is 4.88 Å². The van der Waals surface area contributed by atoms with Crippen molar-refractivity contribution in [3.05, 3.63) is 21.4 Å². The van der Waals surface area contributed by atoms with Gasteiger partial charge in [-0.3, -0.25) is 9.59 Å². The maximum absolute atomic E-state index is 12.6. The Kier molecular flexibility index (Phi) is 5.11. The number of rotatable bonds is 3. The molecule has 0 spiro atoms. The number of amides is 2. The van der Waals surface area contributed by atoms with Crippen LogP contribution in [0, 0.1) is 5.92 Å². The van der Waals surface area contributed by atoms with Crippen LogP contribution >= 0.6 is 11.3 Å². The predicted molar refractivity (Wildman–Crippen MR) is 100.0 cm³/mol. The van der Waals surface area contributed by atoms with E-state index in [2.05, 4.69) is 11.4 Å². The number of aryl methyl sites for hydroxylation is 1. The minimum Gasteiger partial charge on any atom is -0.353 e. The van der Waals surface area contributed by atoms with Crippen LogP contribution in [-0.4, -0.2) is 35.8 Å². The summed E-state index contributed by atoms with van der Waals surface area (Å²) >= 11 is 1.66. The Morgan fingerprint density at radius 3 is 2.56 bits per heavy atom. The highest BCUT2D eigenvalue weighted by molar-refractivity contribution is 7.14. The van der Waals surface area contributed by atoms with Crippen molar-refractivity contribution in [1.29, 1.82) is 0 Å². The Morgan fingerprint density at radius 2 is 1.80 bits per heavy atom. The van der Waals surface area contributed by atoms with Gasteiger partial charge in [0.2, 0.25) is 5.91 Å². The Hall–Kier alpha value is -1.36. The Labute approximate surface area is 154 Å². The van der Waals surface area contributed by atoms with Crippen LogP contribution in [0.3, 0.4) is 0 Å². The molecule has 2 amide bonds. The molecule has 4 nitrogen and oxygen atoms in total. The third-order valence-corrected chi connectivity index (χ3v) is 7.23. The maximum Gasteiger partial charge on any atom is 0.263 e. The molecule has 2 aliphatic carbocycles. The highest BCUT2D eigenvalue weighted by atomic mass is 32.1. The van der Waals surface area contributed by atoms with Crippen molar-refractivity contribution in [3.8, 4) is 0 Å². The normalized spacial score (nSPS) is 24.2. The molecule has 1 saturated carbocycles. The lowest BCUT2D eigenvalue weighted by atomic mass is 9.87. The van der Waals surface area contributed by atoms with Gasteiger partial charge in [0.25, 0.3) is 5.91 Å². The fraction of sp³-hybridized carbons (Fsp3) is 0.700. The van der Waals surface area contributed by atoms with E-state index in [1.54, 1.807) is 11.3 Å². The fourth-order valence-corrected chi connectivity index (χ4v) is 5.67. The monoisotopic (exact) mass is 360 g/mol. The van der Waals surface area contributed by atoms with Gasteiger partial charge in [0.1, 0.15) is 0 Å². The first kappa shape index (κ1) is 17.1. The lowest BCUT2D eigenvalue weighted by Crippen LogP contribution is -2.41. The molecule has 0 bridgehead atoms. The quantitative estimate of drug-likeness (QED) is 0.896. The van der Waals surface area contributed by atoms with Crippen LogP contribution in [0.1, 0.15) is 71.5 Å². The predicted octanol–water partition coefficient (Wildman–Crippen LogP) is 3.54. The summed E-state index contributed by atoms with van der Waals surface area (Å²) in [6.45, 7) is 1.79. The number of fused-ring (bicyclic) bond motifs is 1. The van der Waals surface area contributed by atoms with E-state index in [1.165, 1.54) is 29.7 Å². The molecule has 1 atom stereocenters. The Bertz CT molecular complexity index is 642. The van der Waals surface area contributed by atoms with Gasteiger partial charge in [-0.05, 0) is 56.6 Å². The van der Waals surface area contributed by atoms with Crippen LogP contribution in [0.4, 0.5) is 0 Å². The third kappa shape index (κ3) is 3.76. The highest BCUT2D eigenvalue weighted by Crippen LogP contribution is 2.33. The third-order valence-electron chi connectivity index (χ3n) is 6.01. The summed E-state index contributed by atoms with van der Waals surface area (Å²) in [6.07, 6.45) is 11.0. The molecular formula is C20H28N2O2S. The van der Waals surface area contributed by atoms with E-state index in [0.29, 0.717) is 6.04 Å². The van der Waals surface area contributed by atoms with Crippen LogP contribution in [-0.2, 0) is 17.6 Å². The molecule has 1 aromatic heterocycles. The zero-order chi connectivity index (χ0) is 17.2. The SMILES string of the molecule is O=C(NC1CCCCC1)[C@H]1CCc2sc(C(=O)N3CCCC3)cc2C1. The number of thiophene rings is 1. The number of carbonyl (C=O) groups is 2. The van der Waals surface area contributed by atoms with Crippen molar-refractivity contribution in [2.75, 3.05) is 13.1 Å². The summed E-state index contributed by atoms with van der Waals surface area (Å²) in [5.41, 5.74) is 1.24. The summed E-state index contributed by atoms with van der Waals surface area (Å²) in [6, 6.07) is 2.46. The molecule has 136 valence electrons. The number of nitrogens with one attached hydrogen (secondary N) is 1. The van der Waals surface area contributed by atoms with Gasteiger partial charge in [-0.15, -0.1) is 11.3 Å². The van der Waals surface area contributed by atoms with Crippen molar-refractivity contribution < 1.29 is 9.59 Å². The summed E-state index contributed by atoms with van der Waals surface area (Å²) in [4.78, 5) is 29.4. The van der Waals surface area contributed by atoms with Gasteiger partial charge in [-0.25, -0.2) is 0 Å². The molecule has 5 heteroatoms. The molecule has 25 heavy (non-hydrogen) atoms. The lowest BCUT2D eigenvalue weighted by Gasteiger charge is -2.27. The highest BCUT2D eigenvalue weighted by Gasteiger charge is 2.30. The van der Waals surface area contributed by atoms with Crippen LogP contribution in [0.2, 0.25) is 0 Å². The van der Waals surface area contributed by atoms with Crippen LogP contribution in [0.15, 0.2) is 6.07 Å². The smallest absolute Gasteiger partial charge is 0.263 e. The number of hydrogen-bond donors (Lipinski definition) is 1. The molecule has 0 radical (unpaired) electrons. The van der Waals surface area contributed by atoms with Gasteiger partial charge in [0, 0.05) is 29.9 Å². The minimum atomic E-state index is 0.0822. The van der Waals surface area contributed by atoms with Gasteiger partial charge < -0.3 is 10.2 Å². The Balaban J connectivity index is 1.39. The average Bonchev–Trinajstić information content (AvgIpc) is 3.31. The second-order valence-electron chi connectivity index (χ2n) is 7.84. The standard InChI is InChI=1S/C20H28N2O2S/c23-19(21-16-6-2-1-3-7-16)14-8-9-17-15(12-14)13-18(25-17)20(24)22-10-4-5-11-22/h13-14,16H,1-12H2,(H,21,23)/t14-/m0/s1. The maximum atomic E-state index is 12.6. The summed E-state index contributed by atoms with van der Waals surface area (Å²) in [7, 11) is 0. The topological polar surface area (TPSA) is 49.4 Å². The number of likely N-dealkylation sites (tertiary alicyclic amines) is 1. The first-order valence-corrected chi connectivity index (χ1v) is 10.7. The zero-order valence-corrected chi connectivity index (χ0v) is 15.7. The molecule has 2 heterocycles. The molecule has 1 saturated heterocycles. The number of carbonyl (C=O) groups excluding carboxylic acids is 2. The van der Waals surface area contributed by atoms with Crippen LogP contribution in [0.5, 0.6) is 0 Å². The summed E-state index contributed by atoms with van der Waals surface area (Å²) in [5.74, 6) is 0.509. The van der Waals surface area contributed by atoms with E-state index in [-0.39, 0.29) is 17.7 Å². The second-order valence-corrected chi connectivity index (χ2v) is 8.98. The fourth-order valence-electron chi connectivity index (χ4n) is 4.49. The van der Waals surface area contributed by atoms with E-state index in [4.69, 9.17) is 0 Å².